The first-order valence-electron chi connectivity index (χ1n) is 8.50. The fraction of sp³-hybridized carbons (Fsp3) is 0.444. The van der Waals surface area contributed by atoms with Gasteiger partial charge in [-0.15, -0.1) is 0 Å². The minimum atomic E-state index is 0.0000257. The van der Waals surface area contributed by atoms with E-state index in [-0.39, 0.29) is 12.3 Å². The Morgan fingerprint density at radius 3 is 2.62 bits per heavy atom. The van der Waals surface area contributed by atoms with Gasteiger partial charge in [-0.3, -0.25) is 4.79 Å². The molecule has 0 spiro atoms. The normalized spacial score (nSPS) is 13.1. The average molecular weight is 379 g/mol. The lowest BCUT2D eigenvalue weighted by molar-refractivity contribution is -0.131. The summed E-state index contributed by atoms with van der Waals surface area (Å²) >= 11 is 6.35. The number of nitrogens with one attached hydrogen (secondary N) is 1. The number of aromatic amines is 1. The number of H-pyrrole nitrogens is 1. The van der Waals surface area contributed by atoms with Crippen molar-refractivity contribution in [3.8, 4) is 11.5 Å². The molecule has 1 aromatic carbocycles. The molecule has 1 aliphatic heterocycles. The fourth-order valence-electron chi connectivity index (χ4n) is 2.71. The van der Waals surface area contributed by atoms with E-state index < -0.39 is 0 Å². The molecule has 0 fully saturated rings. The summed E-state index contributed by atoms with van der Waals surface area (Å²) in [5.74, 6) is 1.26. The van der Waals surface area contributed by atoms with E-state index in [4.69, 9.17) is 21.1 Å². The Kier molecular flexibility index (Phi) is 6.00. The van der Waals surface area contributed by atoms with E-state index in [1.54, 1.807) is 29.6 Å². The lowest BCUT2D eigenvalue weighted by atomic mass is 10.1. The molecule has 0 atom stereocenters. The van der Waals surface area contributed by atoms with Gasteiger partial charge in [0.25, 0.3) is 0 Å². The van der Waals surface area contributed by atoms with Gasteiger partial charge < -0.3 is 24.3 Å². The molecule has 1 amide bonds. The van der Waals surface area contributed by atoms with E-state index in [1.165, 1.54) is 0 Å². The number of carbonyl (C=O) groups excluding carboxylic acids is 1. The van der Waals surface area contributed by atoms with Crippen LogP contribution in [0.15, 0.2) is 24.7 Å². The summed E-state index contributed by atoms with van der Waals surface area (Å²) in [4.78, 5) is 23.8. The van der Waals surface area contributed by atoms with Crippen molar-refractivity contribution in [3.05, 3.63) is 40.9 Å². The number of imidazole rings is 1. The van der Waals surface area contributed by atoms with Gasteiger partial charge in [-0.2, -0.15) is 0 Å². The number of aromatic nitrogens is 2. The van der Waals surface area contributed by atoms with Crippen LogP contribution in [0.2, 0.25) is 5.02 Å². The summed E-state index contributed by atoms with van der Waals surface area (Å²) in [6, 6.07) is 3.52. The molecule has 3 rings (SSSR count). The van der Waals surface area contributed by atoms with Crippen LogP contribution in [0.25, 0.3) is 0 Å². The van der Waals surface area contributed by atoms with Gasteiger partial charge in [0.05, 0.1) is 25.0 Å². The Hall–Kier alpha value is -2.25. The summed E-state index contributed by atoms with van der Waals surface area (Å²) in [5.41, 5.74) is 1.63. The van der Waals surface area contributed by atoms with E-state index in [0.717, 1.165) is 17.8 Å². The zero-order valence-electron chi connectivity index (χ0n) is 15.0. The molecular weight excluding hydrogens is 356 g/mol. The molecule has 8 heteroatoms. The van der Waals surface area contributed by atoms with Crippen LogP contribution in [-0.4, -0.2) is 66.1 Å². The average Bonchev–Trinajstić information content (AvgIpc) is 3.12. The molecule has 7 nitrogen and oxygen atoms in total. The fourth-order valence-corrected chi connectivity index (χ4v) is 2.93. The van der Waals surface area contributed by atoms with Gasteiger partial charge in [-0.05, 0) is 25.7 Å². The number of carbonyl (C=O) groups is 1. The number of fused-ring (bicyclic) bond motifs is 1. The highest BCUT2D eigenvalue weighted by Gasteiger charge is 2.20. The van der Waals surface area contributed by atoms with Crippen LogP contribution in [-0.2, 0) is 17.8 Å². The van der Waals surface area contributed by atoms with Crippen molar-refractivity contribution in [2.45, 2.75) is 13.0 Å². The molecule has 1 N–H and O–H groups in total. The standard InChI is InChI=1S/C18H23ClN4O3/c1-22(2)3-4-23(11-14-10-20-12-21-14)18(24)8-13-7-16-17(9-15(13)19)26-6-5-25-16/h7,9-10,12H,3-6,8,11H2,1-2H3,(H,20,21). The number of rotatable bonds is 7. The number of nitrogens with zero attached hydrogens (tertiary/aromatic N) is 3. The number of ether oxygens (including phenoxy) is 2. The van der Waals surface area contributed by atoms with Crippen LogP contribution in [0.1, 0.15) is 11.3 Å². The number of benzene rings is 1. The van der Waals surface area contributed by atoms with Gasteiger partial charge in [-0.25, -0.2) is 4.98 Å². The highest BCUT2D eigenvalue weighted by Crippen LogP contribution is 2.35. The number of hydrogen-bond acceptors (Lipinski definition) is 5. The van der Waals surface area contributed by atoms with E-state index in [0.29, 0.717) is 42.8 Å². The van der Waals surface area contributed by atoms with Gasteiger partial charge in [0.1, 0.15) is 13.2 Å². The first-order valence-corrected chi connectivity index (χ1v) is 8.88. The molecule has 0 bridgehead atoms. The molecular formula is C18H23ClN4O3. The van der Waals surface area contributed by atoms with Crippen molar-refractivity contribution in [1.82, 2.24) is 19.8 Å². The highest BCUT2D eigenvalue weighted by atomic mass is 35.5. The van der Waals surface area contributed by atoms with Crippen LogP contribution in [0, 0.1) is 0 Å². The Labute approximate surface area is 157 Å². The number of likely N-dealkylation sites (N-methyl/N-ethyl adjacent to an activating group) is 1. The highest BCUT2D eigenvalue weighted by molar-refractivity contribution is 6.31. The molecule has 0 saturated carbocycles. The van der Waals surface area contributed by atoms with Crippen molar-refractivity contribution in [3.63, 3.8) is 0 Å². The predicted molar refractivity (Wildman–Crippen MR) is 98.7 cm³/mol. The van der Waals surface area contributed by atoms with E-state index >= 15 is 0 Å². The van der Waals surface area contributed by atoms with Gasteiger partial charge in [0.15, 0.2) is 11.5 Å². The molecule has 140 valence electrons. The number of amides is 1. The van der Waals surface area contributed by atoms with Crippen molar-refractivity contribution in [1.29, 1.82) is 0 Å². The molecule has 2 heterocycles. The summed E-state index contributed by atoms with van der Waals surface area (Å²) in [6.07, 6.45) is 3.55. The molecule has 0 saturated heterocycles. The van der Waals surface area contributed by atoms with Crippen molar-refractivity contribution in [2.75, 3.05) is 40.4 Å². The topological polar surface area (TPSA) is 70.7 Å². The Balaban J connectivity index is 1.74. The quantitative estimate of drug-likeness (QED) is 0.797. The summed E-state index contributed by atoms with van der Waals surface area (Å²) < 4.78 is 11.1. The monoisotopic (exact) mass is 378 g/mol. The van der Waals surface area contributed by atoms with Gasteiger partial charge in [-0.1, -0.05) is 11.6 Å². The SMILES string of the molecule is CN(C)CCN(Cc1cnc[nH]1)C(=O)Cc1cc2c(cc1Cl)OCCO2. The molecule has 0 radical (unpaired) electrons. The maximum Gasteiger partial charge on any atom is 0.227 e. The third kappa shape index (κ3) is 4.68. The zero-order valence-corrected chi connectivity index (χ0v) is 15.8. The van der Waals surface area contributed by atoms with Crippen LogP contribution in [0.5, 0.6) is 11.5 Å². The zero-order chi connectivity index (χ0) is 18.5. The van der Waals surface area contributed by atoms with Crippen molar-refractivity contribution < 1.29 is 14.3 Å². The van der Waals surface area contributed by atoms with Crippen molar-refractivity contribution in [2.24, 2.45) is 0 Å². The first kappa shape index (κ1) is 18.5. The molecule has 1 aliphatic rings. The Bertz CT molecular complexity index is 749. The Morgan fingerprint density at radius 1 is 1.23 bits per heavy atom. The lowest BCUT2D eigenvalue weighted by Crippen LogP contribution is -2.37. The second-order valence-corrected chi connectivity index (χ2v) is 6.87. The third-order valence-electron chi connectivity index (χ3n) is 4.14. The second-order valence-electron chi connectivity index (χ2n) is 6.46. The van der Waals surface area contributed by atoms with Crippen LogP contribution < -0.4 is 9.47 Å². The molecule has 2 aromatic rings. The number of hydrogen-bond donors (Lipinski definition) is 1. The van der Waals surface area contributed by atoms with Gasteiger partial charge in [0, 0.05) is 30.4 Å². The largest absolute Gasteiger partial charge is 0.486 e. The minimum Gasteiger partial charge on any atom is -0.486 e. The van der Waals surface area contributed by atoms with E-state index in [9.17, 15) is 4.79 Å². The van der Waals surface area contributed by atoms with Gasteiger partial charge >= 0.3 is 0 Å². The summed E-state index contributed by atoms with van der Waals surface area (Å²) in [5, 5.41) is 0.511. The predicted octanol–water partition coefficient (Wildman–Crippen LogP) is 1.97. The molecule has 0 unspecified atom stereocenters. The van der Waals surface area contributed by atoms with Gasteiger partial charge in [0.2, 0.25) is 5.91 Å². The smallest absolute Gasteiger partial charge is 0.227 e. The van der Waals surface area contributed by atoms with Crippen LogP contribution in [0.3, 0.4) is 0 Å². The molecule has 1 aromatic heterocycles. The Morgan fingerprint density at radius 2 is 1.96 bits per heavy atom. The number of halogens is 1. The van der Waals surface area contributed by atoms with E-state index in [1.807, 2.05) is 19.0 Å². The van der Waals surface area contributed by atoms with E-state index in [2.05, 4.69) is 9.97 Å². The third-order valence-corrected chi connectivity index (χ3v) is 4.49. The minimum absolute atomic E-state index is 0.0000257. The van der Waals surface area contributed by atoms with Crippen LogP contribution >= 0.6 is 11.6 Å². The maximum absolute atomic E-state index is 12.9. The van der Waals surface area contributed by atoms with Crippen molar-refractivity contribution >= 4 is 17.5 Å². The second kappa shape index (κ2) is 8.42. The summed E-state index contributed by atoms with van der Waals surface area (Å²) in [7, 11) is 3.97. The maximum atomic E-state index is 12.9. The van der Waals surface area contributed by atoms with Crippen LogP contribution in [0.4, 0.5) is 0 Å². The molecule has 26 heavy (non-hydrogen) atoms. The molecule has 0 aliphatic carbocycles. The summed E-state index contributed by atoms with van der Waals surface area (Å²) in [6.45, 7) is 2.87. The first-order chi connectivity index (χ1) is 12.5. The lowest BCUT2D eigenvalue weighted by Gasteiger charge is -2.25.